The summed E-state index contributed by atoms with van der Waals surface area (Å²) in [6.45, 7) is 4.68. The van der Waals surface area contributed by atoms with Gasteiger partial charge in [0.15, 0.2) is 5.13 Å². The van der Waals surface area contributed by atoms with Gasteiger partial charge in [-0.25, -0.2) is 4.98 Å². The standard InChI is InChI=1S/C12H20N4O2S/c1-7(2)14-12-15-10(13)9(19-12)11(18)16-5-3-4-8(16)6-17/h7-8,17H,3-6,13H2,1-2H3,(H,14,15). The molecule has 0 bridgehead atoms. The molecule has 4 N–H and O–H groups in total. The van der Waals surface area contributed by atoms with Gasteiger partial charge in [0.05, 0.1) is 12.6 Å². The third-order valence-electron chi connectivity index (χ3n) is 3.11. The van der Waals surface area contributed by atoms with Crippen LogP contribution in [0.2, 0.25) is 0 Å². The van der Waals surface area contributed by atoms with E-state index in [9.17, 15) is 9.90 Å². The molecular weight excluding hydrogens is 264 g/mol. The smallest absolute Gasteiger partial charge is 0.268 e. The lowest BCUT2D eigenvalue weighted by atomic mass is 10.2. The number of likely N-dealkylation sites (tertiary alicyclic amines) is 1. The molecule has 19 heavy (non-hydrogen) atoms. The van der Waals surface area contributed by atoms with Crippen LogP contribution < -0.4 is 11.1 Å². The molecule has 2 heterocycles. The summed E-state index contributed by atoms with van der Waals surface area (Å²) in [7, 11) is 0. The zero-order valence-electron chi connectivity index (χ0n) is 11.2. The Labute approximate surface area is 116 Å². The van der Waals surface area contributed by atoms with Crippen LogP contribution in [0.25, 0.3) is 0 Å². The second-order valence-corrected chi connectivity index (χ2v) is 6.01. The van der Waals surface area contributed by atoms with E-state index < -0.39 is 0 Å². The van der Waals surface area contributed by atoms with Crippen LogP contribution in [0.1, 0.15) is 36.4 Å². The van der Waals surface area contributed by atoms with Crippen molar-refractivity contribution in [2.24, 2.45) is 0 Å². The van der Waals surface area contributed by atoms with Crippen molar-refractivity contribution in [1.82, 2.24) is 9.88 Å². The maximum Gasteiger partial charge on any atom is 0.268 e. The largest absolute Gasteiger partial charge is 0.394 e. The fraction of sp³-hybridized carbons (Fsp3) is 0.667. The van der Waals surface area contributed by atoms with Crippen molar-refractivity contribution in [1.29, 1.82) is 0 Å². The molecule has 0 saturated carbocycles. The molecule has 1 atom stereocenters. The zero-order valence-corrected chi connectivity index (χ0v) is 12.0. The number of nitrogens with zero attached hydrogens (tertiary/aromatic N) is 2. The van der Waals surface area contributed by atoms with Crippen molar-refractivity contribution < 1.29 is 9.90 Å². The maximum absolute atomic E-state index is 12.4. The Morgan fingerprint density at radius 1 is 1.68 bits per heavy atom. The molecule has 0 radical (unpaired) electrons. The summed E-state index contributed by atoms with van der Waals surface area (Å²) < 4.78 is 0. The summed E-state index contributed by atoms with van der Waals surface area (Å²) in [6.07, 6.45) is 1.77. The molecule has 0 aromatic carbocycles. The number of nitrogens with one attached hydrogen (secondary N) is 1. The molecule has 1 aromatic heterocycles. The van der Waals surface area contributed by atoms with Crippen LogP contribution in [0.4, 0.5) is 10.9 Å². The molecule has 0 spiro atoms. The number of nitrogen functional groups attached to an aromatic ring is 1. The SMILES string of the molecule is CC(C)Nc1nc(N)c(C(=O)N2CCCC2CO)s1. The Bertz CT molecular complexity index is 461. The second-order valence-electron chi connectivity index (χ2n) is 5.01. The van der Waals surface area contributed by atoms with Gasteiger partial charge in [-0.2, -0.15) is 0 Å². The first kappa shape index (κ1) is 14.1. The number of aliphatic hydroxyl groups excluding tert-OH is 1. The minimum atomic E-state index is -0.122. The number of aromatic nitrogens is 1. The van der Waals surface area contributed by atoms with Crippen LogP contribution in [0.15, 0.2) is 0 Å². The normalized spacial score (nSPS) is 19.2. The fourth-order valence-corrected chi connectivity index (χ4v) is 3.20. The monoisotopic (exact) mass is 284 g/mol. The molecule has 6 nitrogen and oxygen atoms in total. The summed E-state index contributed by atoms with van der Waals surface area (Å²) in [6, 6.07) is 0.154. The maximum atomic E-state index is 12.4. The van der Waals surface area contributed by atoms with Gasteiger partial charge in [-0.15, -0.1) is 0 Å². The fourth-order valence-electron chi connectivity index (χ4n) is 2.22. The van der Waals surface area contributed by atoms with E-state index in [0.29, 0.717) is 16.6 Å². The third kappa shape index (κ3) is 2.98. The Kier molecular flexibility index (Phi) is 4.26. The number of hydrogen-bond donors (Lipinski definition) is 3. The molecular formula is C12H20N4O2S. The Morgan fingerprint density at radius 3 is 3.05 bits per heavy atom. The van der Waals surface area contributed by atoms with Gasteiger partial charge in [-0.1, -0.05) is 11.3 Å². The van der Waals surface area contributed by atoms with Crippen molar-refractivity contribution in [2.75, 3.05) is 24.2 Å². The number of carbonyl (C=O) groups excluding carboxylic acids is 1. The summed E-state index contributed by atoms with van der Waals surface area (Å²) in [5.41, 5.74) is 5.82. The van der Waals surface area contributed by atoms with E-state index in [1.54, 1.807) is 4.90 Å². The van der Waals surface area contributed by atoms with E-state index in [4.69, 9.17) is 5.73 Å². The van der Waals surface area contributed by atoms with Crippen LogP contribution >= 0.6 is 11.3 Å². The number of carbonyl (C=O) groups is 1. The number of thiazole rings is 1. The van der Waals surface area contributed by atoms with E-state index in [1.165, 1.54) is 11.3 Å². The molecule has 1 unspecified atom stereocenters. The van der Waals surface area contributed by atoms with E-state index in [0.717, 1.165) is 12.8 Å². The minimum absolute atomic E-state index is 0.00154. The highest BCUT2D eigenvalue weighted by Gasteiger charge is 2.31. The zero-order chi connectivity index (χ0) is 14.0. The Balaban J connectivity index is 2.17. The number of rotatable bonds is 4. The molecule has 106 valence electrons. The Morgan fingerprint density at radius 2 is 2.42 bits per heavy atom. The van der Waals surface area contributed by atoms with Crippen LogP contribution in [-0.4, -0.2) is 46.1 Å². The average molecular weight is 284 g/mol. The van der Waals surface area contributed by atoms with Gasteiger partial charge in [0.2, 0.25) is 0 Å². The Hall–Kier alpha value is -1.34. The number of aliphatic hydroxyl groups is 1. The highest BCUT2D eigenvalue weighted by Crippen LogP contribution is 2.29. The minimum Gasteiger partial charge on any atom is -0.394 e. The number of hydrogen-bond acceptors (Lipinski definition) is 6. The molecule has 1 aromatic rings. The third-order valence-corrected chi connectivity index (χ3v) is 4.10. The molecule has 7 heteroatoms. The van der Waals surface area contributed by atoms with E-state index in [1.807, 2.05) is 13.8 Å². The van der Waals surface area contributed by atoms with Crippen LogP contribution in [0.3, 0.4) is 0 Å². The van der Waals surface area contributed by atoms with Gasteiger partial charge in [0, 0.05) is 12.6 Å². The lowest BCUT2D eigenvalue weighted by molar-refractivity contribution is 0.0683. The lowest BCUT2D eigenvalue weighted by Gasteiger charge is -2.22. The number of nitrogens with two attached hydrogens (primary N) is 1. The predicted octanol–water partition coefficient (Wildman–Crippen LogP) is 1.14. The van der Waals surface area contributed by atoms with Gasteiger partial charge in [0.25, 0.3) is 5.91 Å². The average Bonchev–Trinajstić information content (AvgIpc) is 2.94. The number of amides is 1. The second kappa shape index (κ2) is 5.75. The molecule has 1 fully saturated rings. The van der Waals surface area contributed by atoms with Crippen molar-refractivity contribution in [3.05, 3.63) is 4.88 Å². The molecule has 2 rings (SSSR count). The molecule has 1 aliphatic rings. The van der Waals surface area contributed by atoms with Gasteiger partial charge >= 0.3 is 0 Å². The van der Waals surface area contributed by atoms with E-state index in [2.05, 4.69) is 10.3 Å². The summed E-state index contributed by atoms with van der Waals surface area (Å²) in [4.78, 5) is 18.7. The van der Waals surface area contributed by atoms with Gasteiger partial charge in [0.1, 0.15) is 10.7 Å². The van der Waals surface area contributed by atoms with Crippen LogP contribution in [0.5, 0.6) is 0 Å². The first-order chi connectivity index (χ1) is 9.02. The first-order valence-corrected chi connectivity index (χ1v) is 7.29. The molecule has 1 amide bonds. The topological polar surface area (TPSA) is 91.5 Å². The summed E-state index contributed by atoms with van der Waals surface area (Å²) in [5.74, 6) is 0.144. The molecule has 0 aliphatic carbocycles. The van der Waals surface area contributed by atoms with Crippen LogP contribution in [0, 0.1) is 0 Å². The predicted molar refractivity (Wildman–Crippen MR) is 76.4 cm³/mol. The van der Waals surface area contributed by atoms with E-state index in [-0.39, 0.29) is 30.4 Å². The van der Waals surface area contributed by atoms with Gasteiger partial charge in [-0.05, 0) is 26.7 Å². The van der Waals surface area contributed by atoms with E-state index >= 15 is 0 Å². The molecule has 1 saturated heterocycles. The molecule has 1 aliphatic heterocycles. The van der Waals surface area contributed by atoms with Crippen LogP contribution in [-0.2, 0) is 0 Å². The van der Waals surface area contributed by atoms with Gasteiger partial charge < -0.3 is 21.1 Å². The first-order valence-electron chi connectivity index (χ1n) is 6.47. The van der Waals surface area contributed by atoms with Crippen molar-refractivity contribution in [3.63, 3.8) is 0 Å². The van der Waals surface area contributed by atoms with Crippen molar-refractivity contribution in [3.8, 4) is 0 Å². The number of anilines is 2. The summed E-state index contributed by atoms with van der Waals surface area (Å²) in [5, 5.41) is 13.1. The highest BCUT2D eigenvalue weighted by molar-refractivity contribution is 7.18. The van der Waals surface area contributed by atoms with Gasteiger partial charge in [-0.3, -0.25) is 4.79 Å². The van der Waals surface area contributed by atoms with Crippen molar-refractivity contribution in [2.45, 2.75) is 38.8 Å². The summed E-state index contributed by atoms with van der Waals surface area (Å²) >= 11 is 1.28. The highest BCUT2D eigenvalue weighted by atomic mass is 32.1. The van der Waals surface area contributed by atoms with Crippen molar-refractivity contribution >= 4 is 28.2 Å². The quantitative estimate of drug-likeness (QED) is 0.771. The lowest BCUT2D eigenvalue weighted by Crippen LogP contribution is -2.37.